The summed E-state index contributed by atoms with van der Waals surface area (Å²) < 4.78 is 0. The van der Waals surface area contributed by atoms with Gasteiger partial charge in [0.1, 0.15) is 5.78 Å². The molecule has 114 valence electrons. The Morgan fingerprint density at radius 3 is 1.68 bits per heavy atom. The molecule has 0 aromatic carbocycles. The summed E-state index contributed by atoms with van der Waals surface area (Å²) in [5.74, 6) is 2.80. The minimum atomic E-state index is 0.409. The molecule has 0 heterocycles. The van der Waals surface area contributed by atoms with Gasteiger partial charge in [-0.1, -0.05) is 40.5 Å². The molecule has 2 rings (SSSR count). The van der Waals surface area contributed by atoms with Gasteiger partial charge in [0.15, 0.2) is 0 Å². The summed E-state index contributed by atoms with van der Waals surface area (Å²) in [6, 6.07) is 0. The number of rotatable bonds is 1. The van der Waals surface area contributed by atoms with Crippen molar-refractivity contribution < 1.29 is 9.90 Å². The lowest BCUT2D eigenvalue weighted by Gasteiger charge is -2.23. The van der Waals surface area contributed by atoms with E-state index < -0.39 is 0 Å². The first-order valence-electron chi connectivity index (χ1n) is 8.24. The van der Waals surface area contributed by atoms with Gasteiger partial charge in [-0.15, -0.1) is 0 Å². The Bertz CT molecular complexity index is 207. The van der Waals surface area contributed by atoms with Crippen LogP contribution in [-0.4, -0.2) is 17.5 Å². The number of hydrogen-bond donors (Lipinski definition) is 1. The van der Waals surface area contributed by atoms with Crippen LogP contribution in [-0.2, 0) is 4.79 Å². The Labute approximate surface area is 120 Å². The minimum Gasteiger partial charge on any atom is -0.396 e. The van der Waals surface area contributed by atoms with Crippen LogP contribution in [0.3, 0.4) is 0 Å². The molecule has 2 nitrogen and oxygen atoms in total. The van der Waals surface area contributed by atoms with Crippen LogP contribution in [0.2, 0.25) is 0 Å². The van der Waals surface area contributed by atoms with Gasteiger partial charge < -0.3 is 5.11 Å². The van der Waals surface area contributed by atoms with E-state index in [1.165, 1.54) is 25.7 Å². The van der Waals surface area contributed by atoms with Gasteiger partial charge in [0.2, 0.25) is 0 Å². The van der Waals surface area contributed by atoms with E-state index in [9.17, 15) is 4.79 Å². The molecule has 2 aliphatic rings. The Hall–Kier alpha value is -0.370. The van der Waals surface area contributed by atoms with Crippen molar-refractivity contribution in [3.63, 3.8) is 0 Å². The molecule has 0 aromatic heterocycles. The average Bonchev–Trinajstić information content (AvgIpc) is 2.46. The Morgan fingerprint density at radius 2 is 1.32 bits per heavy atom. The zero-order chi connectivity index (χ0) is 14.7. The molecule has 0 spiro atoms. The first-order valence-corrected chi connectivity index (χ1v) is 8.24. The summed E-state index contributed by atoms with van der Waals surface area (Å²) in [4.78, 5) is 10.6. The maximum absolute atomic E-state index is 10.6. The third-order valence-electron chi connectivity index (χ3n) is 4.23. The molecule has 0 aromatic rings. The number of aliphatic hydroxyl groups is 1. The second-order valence-corrected chi connectivity index (χ2v) is 6.03. The Kier molecular flexibility index (Phi) is 11.2. The fourth-order valence-corrected chi connectivity index (χ4v) is 2.60. The highest BCUT2D eigenvalue weighted by atomic mass is 16.3. The van der Waals surface area contributed by atoms with Gasteiger partial charge in [-0.2, -0.15) is 0 Å². The van der Waals surface area contributed by atoms with E-state index in [1.54, 1.807) is 0 Å². The molecule has 0 amide bonds. The molecule has 0 atom stereocenters. The maximum Gasteiger partial charge on any atom is 0.132 e. The van der Waals surface area contributed by atoms with Crippen molar-refractivity contribution in [2.45, 2.75) is 79.1 Å². The molecule has 0 bridgehead atoms. The second-order valence-electron chi connectivity index (χ2n) is 6.03. The molecule has 2 heteroatoms. The number of carbonyl (C=O) groups excluding carboxylic acids is 1. The largest absolute Gasteiger partial charge is 0.396 e. The molecule has 0 saturated heterocycles. The SMILES string of the molecule is CC.CC1CCC(=O)CC1.CC1CCC(CO)CC1. The lowest BCUT2D eigenvalue weighted by atomic mass is 9.84. The van der Waals surface area contributed by atoms with Crippen LogP contribution in [0.5, 0.6) is 0 Å². The van der Waals surface area contributed by atoms with Crippen LogP contribution in [0.1, 0.15) is 79.1 Å². The monoisotopic (exact) mass is 270 g/mol. The van der Waals surface area contributed by atoms with Crippen molar-refractivity contribution in [1.82, 2.24) is 0 Å². The highest BCUT2D eigenvalue weighted by molar-refractivity contribution is 5.78. The predicted molar refractivity (Wildman–Crippen MR) is 82.2 cm³/mol. The van der Waals surface area contributed by atoms with E-state index in [0.717, 1.165) is 37.5 Å². The zero-order valence-electron chi connectivity index (χ0n) is 13.5. The van der Waals surface area contributed by atoms with Gasteiger partial charge in [0.05, 0.1) is 0 Å². The molecule has 1 N–H and O–H groups in total. The van der Waals surface area contributed by atoms with E-state index in [-0.39, 0.29) is 0 Å². The highest BCUT2D eigenvalue weighted by Gasteiger charge is 2.16. The molecule has 19 heavy (non-hydrogen) atoms. The third-order valence-corrected chi connectivity index (χ3v) is 4.23. The second kappa shape index (κ2) is 11.5. The normalized spacial score (nSPS) is 27.7. The lowest BCUT2D eigenvalue weighted by molar-refractivity contribution is -0.120. The van der Waals surface area contributed by atoms with E-state index in [1.807, 2.05) is 13.8 Å². The van der Waals surface area contributed by atoms with E-state index in [4.69, 9.17) is 5.11 Å². The topological polar surface area (TPSA) is 37.3 Å². The maximum atomic E-state index is 10.6. The van der Waals surface area contributed by atoms with Gasteiger partial charge >= 0.3 is 0 Å². The number of ketones is 1. The number of hydrogen-bond acceptors (Lipinski definition) is 2. The summed E-state index contributed by atoms with van der Waals surface area (Å²) in [6.45, 7) is 8.92. The zero-order valence-corrected chi connectivity index (χ0v) is 13.5. The van der Waals surface area contributed by atoms with Crippen LogP contribution < -0.4 is 0 Å². The number of aliphatic hydroxyl groups excluding tert-OH is 1. The molecular formula is C17H34O2. The number of carbonyl (C=O) groups is 1. The number of Topliss-reactive ketones (excluding diaryl/α,β-unsaturated/α-hetero) is 1. The van der Waals surface area contributed by atoms with Crippen LogP contribution in [0.25, 0.3) is 0 Å². The van der Waals surface area contributed by atoms with Gasteiger partial charge in [-0.25, -0.2) is 0 Å². The fourth-order valence-electron chi connectivity index (χ4n) is 2.60. The fraction of sp³-hybridized carbons (Fsp3) is 0.941. The first kappa shape index (κ1) is 18.6. The van der Waals surface area contributed by atoms with Crippen molar-refractivity contribution in [2.24, 2.45) is 17.8 Å². The quantitative estimate of drug-likeness (QED) is 0.756. The van der Waals surface area contributed by atoms with E-state index in [2.05, 4.69) is 13.8 Å². The average molecular weight is 270 g/mol. The molecule has 2 saturated carbocycles. The molecule has 0 radical (unpaired) electrons. The predicted octanol–water partition coefficient (Wildman–Crippen LogP) is 4.60. The highest BCUT2D eigenvalue weighted by Crippen LogP contribution is 2.27. The van der Waals surface area contributed by atoms with Crippen LogP contribution in [0, 0.1) is 17.8 Å². The van der Waals surface area contributed by atoms with Crippen molar-refractivity contribution in [2.75, 3.05) is 6.61 Å². The van der Waals surface area contributed by atoms with Gasteiger partial charge in [-0.05, 0) is 43.4 Å². The summed E-state index contributed by atoms with van der Waals surface area (Å²) in [7, 11) is 0. The van der Waals surface area contributed by atoms with Gasteiger partial charge in [0.25, 0.3) is 0 Å². The van der Waals surface area contributed by atoms with Crippen LogP contribution >= 0.6 is 0 Å². The summed E-state index contributed by atoms with van der Waals surface area (Å²) in [5, 5.41) is 8.78. The van der Waals surface area contributed by atoms with Crippen LogP contribution in [0.15, 0.2) is 0 Å². The Morgan fingerprint density at radius 1 is 0.895 bits per heavy atom. The van der Waals surface area contributed by atoms with E-state index >= 15 is 0 Å². The van der Waals surface area contributed by atoms with Crippen molar-refractivity contribution in [3.05, 3.63) is 0 Å². The molecule has 0 unspecified atom stereocenters. The van der Waals surface area contributed by atoms with Crippen LogP contribution in [0.4, 0.5) is 0 Å². The molecular weight excluding hydrogens is 236 g/mol. The smallest absolute Gasteiger partial charge is 0.132 e. The van der Waals surface area contributed by atoms with E-state index in [0.29, 0.717) is 18.3 Å². The van der Waals surface area contributed by atoms with Gasteiger partial charge in [-0.3, -0.25) is 4.79 Å². The summed E-state index contributed by atoms with van der Waals surface area (Å²) >= 11 is 0. The van der Waals surface area contributed by atoms with Crippen molar-refractivity contribution in [1.29, 1.82) is 0 Å². The summed E-state index contributed by atoms with van der Waals surface area (Å²) in [5.41, 5.74) is 0. The molecule has 0 aliphatic heterocycles. The molecule has 2 fully saturated rings. The minimum absolute atomic E-state index is 0.409. The van der Waals surface area contributed by atoms with Crippen molar-refractivity contribution >= 4 is 5.78 Å². The van der Waals surface area contributed by atoms with Gasteiger partial charge in [0, 0.05) is 19.4 Å². The third kappa shape index (κ3) is 9.21. The first-order chi connectivity index (χ1) is 9.11. The van der Waals surface area contributed by atoms with Crippen molar-refractivity contribution in [3.8, 4) is 0 Å². The lowest BCUT2D eigenvalue weighted by Crippen LogP contribution is -2.14. The summed E-state index contributed by atoms with van der Waals surface area (Å²) in [6.07, 6.45) is 9.06. The standard InChI is InChI=1S/C8H16O.C7H12O.C2H6/c1-7-2-4-8(6-9)5-3-7;1-6-2-4-7(8)5-3-6;1-2/h7-9H,2-6H2,1H3;6H,2-5H2,1H3;1-2H3. The molecule has 2 aliphatic carbocycles. The Balaban J connectivity index is 0.000000303.